The first kappa shape index (κ1) is 12.7. The third kappa shape index (κ3) is 2.26. The number of carbonyl (C=O) groups excluding carboxylic acids is 1. The van der Waals surface area contributed by atoms with Gasteiger partial charge in [-0.1, -0.05) is 11.6 Å². The number of carbonyl (C=O) groups is 1. The molecule has 0 saturated heterocycles. The molecule has 1 amide bonds. The van der Waals surface area contributed by atoms with Crippen molar-refractivity contribution in [1.29, 1.82) is 0 Å². The molecule has 3 rings (SSSR count). The number of aromatic nitrogens is 1. The zero-order chi connectivity index (χ0) is 14.1. The molecule has 0 bridgehead atoms. The van der Waals surface area contributed by atoms with Gasteiger partial charge in [-0.15, -0.1) is 0 Å². The summed E-state index contributed by atoms with van der Waals surface area (Å²) in [5, 5.41) is 4.20. The maximum Gasteiger partial charge on any atom is 0.291 e. The molecule has 1 N–H and O–H groups in total. The van der Waals surface area contributed by atoms with Crippen LogP contribution in [-0.2, 0) is 0 Å². The third-order valence-electron chi connectivity index (χ3n) is 3.02. The summed E-state index contributed by atoms with van der Waals surface area (Å²) in [6, 6.07) is 8.79. The molecule has 0 aliphatic carbocycles. The van der Waals surface area contributed by atoms with Gasteiger partial charge in [0.1, 0.15) is 5.58 Å². The van der Waals surface area contributed by atoms with Crippen molar-refractivity contribution in [2.45, 2.75) is 6.92 Å². The molecular weight excluding hydrogens is 276 g/mol. The molecule has 2 aromatic heterocycles. The fourth-order valence-electron chi connectivity index (χ4n) is 2.03. The largest absolute Gasteiger partial charge is 0.451 e. The second kappa shape index (κ2) is 4.98. The van der Waals surface area contributed by atoms with Crippen molar-refractivity contribution in [2.24, 2.45) is 0 Å². The number of nitrogens with one attached hydrogen (secondary N) is 1. The molecule has 0 saturated carbocycles. The lowest BCUT2D eigenvalue weighted by molar-refractivity contribution is 0.0998. The van der Waals surface area contributed by atoms with E-state index in [1.54, 1.807) is 42.7 Å². The Morgan fingerprint density at radius 1 is 1.35 bits per heavy atom. The van der Waals surface area contributed by atoms with Crippen LogP contribution in [0.1, 0.15) is 16.1 Å². The Hall–Kier alpha value is -2.33. The molecule has 0 radical (unpaired) electrons. The topological polar surface area (TPSA) is 55.1 Å². The minimum atomic E-state index is -0.303. The summed E-state index contributed by atoms with van der Waals surface area (Å²) >= 11 is 5.96. The summed E-state index contributed by atoms with van der Waals surface area (Å²) < 4.78 is 5.60. The fraction of sp³-hybridized carbons (Fsp3) is 0.0667. The van der Waals surface area contributed by atoms with Gasteiger partial charge in [0.05, 0.1) is 11.9 Å². The number of pyridine rings is 1. The highest BCUT2D eigenvalue weighted by Gasteiger charge is 2.17. The highest BCUT2D eigenvalue weighted by Crippen LogP contribution is 2.28. The Balaban J connectivity index is 1.98. The van der Waals surface area contributed by atoms with Gasteiger partial charge in [-0.3, -0.25) is 9.78 Å². The van der Waals surface area contributed by atoms with E-state index in [2.05, 4.69) is 10.3 Å². The molecule has 0 aliphatic rings. The average molecular weight is 287 g/mol. The first-order valence-electron chi connectivity index (χ1n) is 6.05. The minimum Gasteiger partial charge on any atom is -0.451 e. The zero-order valence-electron chi connectivity index (χ0n) is 10.7. The predicted molar refractivity (Wildman–Crippen MR) is 78.2 cm³/mol. The Bertz CT molecular complexity index is 781. The zero-order valence-corrected chi connectivity index (χ0v) is 11.4. The van der Waals surface area contributed by atoms with Crippen LogP contribution in [0.5, 0.6) is 0 Å². The summed E-state index contributed by atoms with van der Waals surface area (Å²) in [6.07, 6.45) is 3.22. The molecule has 100 valence electrons. The third-order valence-corrected chi connectivity index (χ3v) is 3.26. The number of halogens is 1. The molecular formula is C15H11ClN2O2. The van der Waals surface area contributed by atoms with E-state index in [1.165, 1.54) is 0 Å². The van der Waals surface area contributed by atoms with Gasteiger partial charge in [-0.2, -0.15) is 0 Å². The summed E-state index contributed by atoms with van der Waals surface area (Å²) in [6.45, 7) is 1.83. The summed E-state index contributed by atoms with van der Waals surface area (Å²) in [4.78, 5) is 16.2. The molecule has 3 aromatic rings. The van der Waals surface area contributed by atoms with Crippen LogP contribution < -0.4 is 5.32 Å². The lowest BCUT2D eigenvalue weighted by Gasteiger charge is -2.02. The lowest BCUT2D eigenvalue weighted by Crippen LogP contribution is -2.12. The van der Waals surface area contributed by atoms with Gasteiger partial charge in [0.2, 0.25) is 0 Å². The van der Waals surface area contributed by atoms with Crippen molar-refractivity contribution in [3.05, 3.63) is 59.1 Å². The highest BCUT2D eigenvalue weighted by atomic mass is 35.5. The van der Waals surface area contributed by atoms with Crippen LogP contribution in [0, 0.1) is 6.92 Å². The van der Waals surface area contributed by atoms with Gasteiger partial charge in [0.15, 0.2) is 5.76 Å². The van der Waals surface area contributed by atoms with Crippen molar-refractivity contribution in [3.63, 3.8) is 0 Å². The van der Waals surface area contributed by atoms with Crippen molar-refractivity contribution >= 4 is 34.2 Å². The molecule has 20 heavy (non-hydrogen) atoms. The molecule has 2 heterocycles. The van der Waals surface area contributed by atoms with Gasteiger partial charge in [0, 0.05) is 22.2 Å². The van der Waals surface area contributed by atoms with Crippen LogP contribution in [0.15, 0.2) is 47.1 Å². The SMILES string of the molecule is Cc1c(C(=O)Nc2cccnc2)oc2ccc(Cl)cc12. The van der Waals surface area contributed by atoms with Gasteiger partial charge < -0.3 is 9.73 Å². The van der Waals surface area contributed by atoms with E-state index in [1.807, 2.05) is 6.92 Å². The molecule has 1 aromatic carbocycles. The van der Waals surface area contributed by atoms with Gasteiger partial charge in [-0.25, -0.2) is 0 Å². The Morgan fingerprint density at radius 3 is 2.95 bits per heavy atom. The van der Waals surface area contributed by atoms with E-state index in [9.17, 15) is 4.79 Å². The number of fused-ring (bicyclic) bond motifs is 1. The standard InChI is InChI=1S/C15H11ClN2O2/c1-9-12-7-10(16)4-5-13(12)20-14(9)15(19)18-11-3-2-6-17-8-11/h2-8H,1H3,(H,18,19). The smallest absolute Gasteiger partial charge is 0.291 e. The monoisotopic (exact) mass is 286 g/mol. The van der Waals surface area contributed by atoms with Crippen molar-refractivity contribution < 1.29 is 9.21 Å². The Kier molecular flexibility index (Phi) is 3.16. The Morgan fingerprint density at radius 2 is 2.20 bits per heavy atom. The molecule has 0 unspecified atom stereocenters. The van der Waals surface area contributed by atoms with E-state index in [0.717, 1.165) is 10.9 Å². The fourth-order valence-corrected chi connectivity index (χ4v) is 2.21. The number of hydrogen-bond donors (Lipinski definition) is 1. The number of anilines is 1. The van der Waals surface area contributed by atoms with Gasteiger partial charge >= 0.3 is 0 Å². The Labute approximate surface area is 120 Å². The van der Waals surface area contributed by atoms with Crippen LogP contribution in [-0.4, -0.2) is 10.9 Å². The molecule has 0 aliphatic heterocycles. The van der Waals surface area contributed by atoms with E-state index < -0.39 is 0 Å². The summed E-state index contributed by atoms with van der Waals surface area (Å²) in [5.74, 6) is -0.0195. The number of furan rings is 1. The second-order valence-electron chi connectivity index (χ2n) is 4.39. The van der Waals surface area contributed by atoms with Crippen LogP contribution in [0.2, 0.25) is 5.02 Å². The second-order valence-corrected chi connectivity index (χ2v) is 4.83. The maximum absolute atomic E-state index is 12.2. The molecule has 0 spiro atoms. The predicted octanol–water partition coefficient (Wildman–Crippen LogP) is 4.04. The first-order chi connectivity index (χ1) is 9.65. The van der Waals surface area contributed by atoms with Crippen LogP contribution in [0.4, 0.5) is 5.69 Å². The first-order valence-corrected chi connectivity index (χ1v) is 6.43. The number of aryl methyl sites for hydroxylation is 1. The molecule has 5 heteroatoms. The number of benzene rings is 1. The lowest BCUT2D eigenvalue weighted by atomic mass is 10.1. The number of nitrogens with zero attached hydrogens (tertiary/aromatic N) is 1. The normalized spacial score (nSPS) is 10.7. The van der Waals surface area contributed by atoms with Gasteiger partial charge in [0.25, 0.3) is 5.91 Å². The minimum absolute atomic E-state index is 0.283. The van der Waals surface area contributed by atoms with Crippen LogP contribution in [0.25, 0.3) is 11.0 Å². The summed E-state index contributed by atoms with van der Waals surface area (Å²) in [5.41, 5.74) is 2.03. The van der Waals surface area contributed by atoms with E-state index in [-0.39, 0.29) is 11.7 Å². The van der Waals surface area contributed by atoms with Crippen molar-refractivity contribution in [3.8, 4) is 0 Å². The molecule has 0 fully saturated rings. The maximum atomic E-state index is 12.2. The van der Waals surface area contributed by atoms with Crippen LogP contribution >= 0.6 is 11.6 Å². The average Bonchev–Trinajstić information content (AvgIpc) is 2.77. The quantitative estimate of drug-likeness (QED) is 0.773. The van der Waals surface area contributed by atoms with Crippen molar-refractivity contribution in [2.75, 3.05) is 5.32 Å². The number of rotatable bonds is 2. The van der Waals surface area contributed by atoms with Gasteiger partial charge in [-0.05, 0) is 37.3 Å². The number of hydrogen-bond acceptors (Lipinski definition) is 3. The van der Waals surface area contributed by atoms with E-state index in [4.69, 9.17) is 16.0 Å². The van der Waals surface area contributed by atoms with E-state index in [0.29, 0.717) is 16.3 Å². The van der Waals surface area contributed by atoms with E-state index >= 15 is 0 Å². The highest BCUT2D eigenvalue weighted by molar-refractivity contribution is 6.31. The summed E-state index contributed by atoms with van der Waals surface area (Å²) in [7, 11) is 0. The van der Waals surface area contributed by atoms with Crippen molar-refractivity contribution in [1.82, 2.24) is 4.98 Å². The van der Waals surface area contributed by atoms with Crippen LogP contribution in [0.3, 0.4) is 0 Å². The molecule has 0 atom stereocenters. The number of amides is 1. The molecule has 4 nitrogen and oxygen atoms in total.